The first-order valence-electron chi connectivity index (χ1n) is 8.63. The fraction of sp³-hybridized carbons (Fsp3) is 0.211. The van der Waals surface area contributed by atoms with Crippen molar-refractivity contribution in [2.45, 2.75) is 25.2 Å². The molecule has 27 heavy (non-hydrogen) atoms. The summed E-state index contributed by atoms with van der Waals surface area (Å²) in [4.78, 5) is 26.5. The number of nitrogens with one attached hydrogen (secondary N) is 2. The van der Waals surface area contributed by atoms with Crippen LogP contribution in [0.3, 0.4) is 0 Å². The van der Waals surface area contributed by atoms with Gasteiger partial charge in [0.1, 0.15) is 6.20 Å². The van der Waals surface area contributed by atoms with Crippen molar-refractivity contribution in [2.24, 2.45) is 0 Å². The lowest BCUT2D eigenvalue weighted by Crippen LogP contribution is -2.14. The molecule has 0 unspecified atom stereocenters. The molecular weight excluding hydrogens is 346 g/mol. The largest absolute Gasteiger partial charge is 0.309 e. The van der Waals surface area contributed by atoms with Crippen molar-refractivity contribution >= 4 is 17.4 Å². The summed E-state index contributed by atoms with van der Waals surface area (Å²) < 4.78 is 0. The molecule has 8 heteroatoms. The SMILES string of the molecule is O=C(Cc1ccc(-c2ccc([N+](=O)[O-])cn2)cc1)Nc1cc(C2CC2)[nH]n1. The number of H-pyrrole nitrogens is 1. The summed E-state index contributed by atoms with van der Waals surface area (Å²) in [7, 11) is 0. The minimum atomic E-state index is -0.481. The van der Waals surface area contributed by atoms with Gasteiger partial charge < -0.3 is 5.32 Å². The van der Waals surface area contributed by atoms with Gasteiger partial charge in [0.25, 0.3) is 5.69 Å². The number of carbonyl (C=O) groups is 1. The lowest BCUT2D eigenvalue weighted by atomic mass is 10.1. The van der Waals surface area contributed by atoms with E-state index < -0.39 is 4.92 Å². The first-order chi connectivity index (χ1) is 13.1. The molecule has 8 nitrogen and oxygen atoms in total. The van der Waals surface area contributed by atoms with Crippen molar-refractivity contribution in [2.75, 3.05) is 5.32 Å². The Hall–Kier alpha value is -3.55. The van der Waals surface area contributed by atoms with Gasteiger partial charge in [0.2, 0.25) is 5.91 Å². The molecule has 136 valence electrons. The number of nitrogens with zero attached hydrogens (tertiary/aromatic N) is 3. The van der Waals surface area contributed by atoms with Gasteiger partial charge >= 0.3 is 0 Å². The molecule has 2 heterocycles. The third-order valence-electron chi connectivity index (χ3n) is 4.46. The molecule has 0 radical (unpaired) electrons. The van der Waals surface area contributed by atoms with Crippen LogP contribution >= 0.6 is 0 Å². The molecule has 0 atom stereocenters. The predicted molar refractivity (Wildman–Crippen MR) is 99.2 cm³/mol. The van der Waals surface area contributed by atoms with E-state index >= 15 is 0 Å². The molecule has 3 aromatic rings. The molecule has 0 spiro atoms. The number of aromatic amines is 1. The van der Waals surface area contributed by atoms with Crippen LogP contribution in [-0.2, 0) is 11.2 Å². The zero-order valence-electron chi connectivity index (χ0n) is 14.4. The summed E-state index contributed by atoms with van der Waals surface area (Å²) in [5.74, 6) is 0.974. The van der Waals surface area contributed by atoms with Crippen LogP contribution in [0.15, 0.2) is 48.7 Å². The summed E-state index contributed by atoms with van der Waals surface area (Å²) in [5, 5.41) is 20.6. The molecule has 4 rings (SSSR count). The zero-order valence-corrected chi connectivity index (χ0v) is 14.4. The van der Waals surface area contributed by atoms with E-state index in [0.717, 1.165) is 16.8 Å². The van der Waals surface area contributed by atoms with Crippen LogP contribution in [0, 0.1) is 10.1 Å². The van der Waals surface area contributed by atoms with Crippen LogP contribution in [0.1, 0.15) is 30.0 Å². The molecule has 0 saturated heterocycles. The molecule has 0 bridgehead atoms. The van der Waals surface area contributed by atoms with Crippen molar-refractivity contribution in [1.82, 2.24) is 15.2 Å². The standard InChI is InChI=1S/C19H17N5O3/c25-19(21-18-10-17(22-23-18)14-5-6-14)9-12-1-3-13(4-2-12)16-8-7-15(11-20-16)24(26)27/h1-4,7-8,10-11,14H,5-6,9H2,(H2,21,22,23,25). The number of hydrogen-bond donors (Lipinski definition) is 2. The van der Waals surface area contributed by atoms with E-state index in [0.29, 0.717) is 17.4 Å². The van der Waals surface area contributed by atoms with E-state index in [1.807, 2.05) is 30.3 Å². The maximum Gasteiger partial charge on any atom is 0.287 e. The average Bonchev–Trinajstić information content (AvgIpc) is 3.42. The third kappa shape index (κ3) is 4.00. The van der Waals surface area contributed by atoms with Crippen LogP contribution in [0.2, 0.25) is 0 Å². The molecular formula is C19H17N5O3. The van der Waals surface area contributed by atoms with Gasteiger partial charge in [-0.25, -0.2) is 4.98 Å². The number of pyridine rings is 1. The van der Waals surface area contributed by atoms with Gasteiger partial charge in [-0.2, -0.15) is 5.10 Å². The molecule has 1 fully saturated rings. The predicted octanol–water partition coefficient (Wildman–Crippen LogP) is 3.44. The van der Waals surface area contributed by atoms with Gasteiger partial charge in [-0.1, -0.05) is 24.3 Å². The Bertz CT molecular complexity index is 975. The van der Waals surface area contributed by atoms with Gasteiger partial charge in [0, 0.05) is 29.3 Å². The maximum absolute atomic E-state index is 12.2. The summed E-state index contributed by atoms with van der Waals surface area (Å²) >= 11 is 0. The van der Waals surface area contributed by atoms with Gasteiger partial charge in [0.15, 0.2) is 5.82 Å². The molecule has 1 amide bonds. The fourth-order valence-corrected chi connectivity index (χ4v) is 2.83. The van der Waals surface area contributed by atoms with E-state index in [1.54, 1.807) is 6.07 Å². The first-order valence-corrected chi connectivity index (χ1v) is 8.63. The number of nitro groups is 1. The van der Waals surface area contributed by atoms with E-state index in [-0.39, 0.29) is 18.0 Å². The maximum atomic E-state index is 12.2. The summed E-state index contributed by atoms with van der Waals surface area (Å²) in [6, 6.07) is 12.3. The highest BCUT2D eigenvalue weighted by Gasteiger charge is 2.25. The zero-order chi connectivity index (χ0) is 18.8. The minimum Gasteiger partial charge on any atom is -0.309 e. The molecule has 1 aliphatic carbocycles. The highest BCUT2D eigenvalue weighted by Crippen LogP contribution is 2.39. The van der Waals surface area contributed by atoms with Gasteiger partial charge in [-0.15, -0.1) is 0 Å². The Labute approximate surface area is 154 Å². The molecule has 0 aliphatic heterocycles. The van der Waals surface area contributed by atoms with Crippen LogP contribution in [0.25, 0.3) is 11.3 Å². The Kier molecular flexibility index (Phi) is 4.37. The van der Waals surface area contributed by atoms with Crippen molar-refractivity contribution in [3.8, 4) is 11.3 Å². The Balaban J connectivity index is 1.37. The number of anilines is 1. The summed E-state index contributed by atoms with van der Waals surface area (Å²) in [5.41, 5.74) is 3.35. The van der Waals surface area contributed by atoms with Gasteiger partial charge in [-0.05, 0) is 24.5 Å². The molecule has 1 saturated carbocycles. The quantitative estimate of drug-likeness (QED) is 0.514. The van der Waals surface area contributed by atoms with Crippen LogP contribution in [-0.4, -0.2) is 26.0 Å². The highest BCUT2D eigenvalue weighted by atomic mass is 16.6. The number of carbonyl (C=O) groups excluding carboxylic acids is 1. The molecule has 1 aromatic carbocycles. The average molecular weight is 363 g/mol. The molecule has 2 N–H and O–H groups in total. The second kappa shape index (κ2) is 6.99. The lowest BCUT2D eigenvalue weighted by molar-refractivity contribution is -0.385. The second-order valence-electron chi connectivity index (χ2n) is 6.56. The van der Waals surface area contributed by atoms with Crippen molar-refractivity contribution in [3.05, 3.63) is 70.0 Å². The van der Waals surface area contributed by atoms with Crippen molar-refractivity contribution in [1.29, 1.82) is 0 Å². The van der Waals surface area contributed by atoms with Crippen LogP contribution < -0.4 is 5.32 Å². The number of rotatable bonds is 6. The first kappa shape index (κ1) is 16.9. The normalized spacial score (nSPS) is 13.3. The monoisotopic (exact) mass is 363 g/mol. The number of aromatic nitrogens is 3. The molecule has 2 aromatic heterocycles. The fourth-order valence-electron chi connectivity index (χ4n) is 2.83. The number of benzene rings is 1. The Morgan fingerprint density at radius 2 is 2.00 bits per heavy atom. The summed E-state index contributed by atoms with van der Waals surface area (Å²) in [6.07, 6.45) is 3.81. The van der Waals surface area contributed by atoms with E-state index in [4.69, 9.17) is 0 Å². The topological polar surface area (TPSA) is 114 Å². The Morgan fingerprint density at radius 3 is 2.63 bits per heavy atom. The smallest absolute Gasteiger partial charge is 0.287 e. The Morgan fingerprint density at radius 1 is 1.22 bits per heavy atom. The molecule has 1 aliphatic rings. The van der Waals surface area contributed by atoms with Crippen LogP contribution in [0.4, 0.5) is 11.5 Å². The van der Waals surface area contributed by atoms with E-state index in [9.17, 15) is 14.9 Å². The van der Waals surface area contributed by atoms with Crippen molar-refractivity contribution in [3.63, 3.8) is 0 Å². The lowest BCUT2D eigenvalue weighted by Gasteiger charge is -2.04. The minimum absolute atomic E-state index is 0.0461. The third-order valence-corrected chi connectivity index (χ3v) is 4.46. The van der Waals surface area contributed by atoms with E-state index in [1.165, 1.54) is 25.1 Å². The summed E-state index contributed by atoms with van der Waals surface area (Å²) in [6.45, 7) is 0. The van der Waals surface area contributed by atoms with Gasteiger partial charge in [0.05, 0.1) is 17.0 Å². The van der Waals surface area contributed by atoms with Crippen LogP contribution in [0.5, 0.6) is 0 Å². The number of hydrogen-bond acceptors (Lipinski definition) is 5. The van der Waals surface area contributed by atoms with E-state index in [2.05, 4.69) is 20.5 Å². The highest BCUT2D eigenvalue weighted by molar-refractivity contribution is 5.91. The van der Waals surface area contributed by atoms with Gasteiger partial charge in [-0.3, -0.25) is 20.0 Å². The second-order valence-corrected chi connectivity index (χ2v) is 6.56. The van der Waals surface area contributed by atoms with Crippen molar-refractivity contribution < 1.29 is 9.72 Å². The number of amides is 1.